The lowest BCUT2D eigenvalue weighted by Crippen LogP contribution is -2.05. The Morgan fingerprint density at radius 1 is 1.10 bits per heavy atom. The molecule has 0 fully saturated rings. The molecule has 0 aromatic heterocycles. The quantitative estimate of drug-likeness (QED) is 0.713. The van der Waals surface area contributed by atoms with Gasteiger partial charge in [0, 0.05) is 18.1 Å². The van der Waals surface area contributed by atoms with E-state index in [9.17, 15) is 4.79 Å². The number of rotatable bonds is 5. The van der Waals surface area contributed by atoms with Gasteiger partial charge >= 0.3 is 0 Å². The van der Waals surface area contributed by atoms with Gasteiger partial charge in [-0.15, -0.1) is 0 Å². The van der Waals surface area contributed by atoms with Crippen molar-refractivity contribution in [2.75, 3.05) is 6.61 Å². The average Bonchev–Trinajstić information content (AvgIpc) is 2.45. The average molecular weight is 323 g/mol. The highest BCUT2D eigenvalue weighted by molar-refractivity contribution is 6.36. The maximum atomic E-state index is 12.4. The molecule has 0 saturated carbocycles. The number of aryl methyl sites for hydroxylation is 1. The van der Waals surface area contributed by atoms with Gasteiger partial charge in [-0.1, -0.05) is 53.0 Å². The summed E-state index contributed by atoms with van der Waals surface area (Å²) in [4.78, 5) is 12.4. The fourth-order valence-electron chi connectivity index (χ4n) is 1.99. The summed E-state index contributed by atoms with van der Waals surface area (Å²) < 4.78 is 5.36. The SMILES string of the molecule is CCOc1cc(Cl)c(C(=O)Cc2ccc(C)cc2)cc1Cl. The van der Waals surface area contributed by atoms with E-state index in [1.165, 1.54) is 0 Å². The minimum atomic E-state index is -0.0613. The number of hydrogen-bond acceptors (Lipinski definition) is 2. The topological polar surface area (TPSA) is 26.3 Å². The Hall–Kier alpha value is -1.51. The number of hydrogen-bond donors (Lipinski definition) is 0. The molecule has 2 nitrogen and oxygen atoms in total. The van der Waals surface area contributed by atoms with Crippen LogP contribution in [0.1, 0.15) is 28.4 Å². The smallest absolute Gasteiger partial charge is 0.168 e. The van der Waals surface area contributed by atoms with Gasteiger partial charge in [0.25, 0.3) is 0 Å². The van der Waals surface area contributed by atoms with Crippen LogP contribution in [-0.4, -0.2) is 12.4 Å². The molecule has 0 heterocycles. The summed E-state index contributed by atoms with van der Waals surface area (Å²) in [7, 11) is 0. The minimum absolute atomic E-state index is 0.0613. The molecule has 0 aliphatic carbocycles. The first-order valence-corrected chi connectivity index (χ1v) is 7.47. The van der Waals surface area contributed by atoms with Gasteiger partial charge < -0.3 is 4.74 Å². The zero-order valence-electron chi connectivity index (χ0n) is 12.0. The monoisotopic (exact) mass is 322 g/mol. The Morgan fingerprint density at radius 2 is 1.76 bits per heavy atom. The van der Waals surface area contributed by atoms with Gasteiger partial charge in [0.15, 0.2) is 5.78 Å². The van der Waals surface area contributed by atoms with Gasteiger partial charge in [0.2, 0.25) is 0 Å². The van der Waals surface area contributed by atoms with Crippen molar-refractivity contribution in [3.05, 3.63) is 63.1 Å². The fourth-order valence-corrected chi connectivity index (χ4v) is 2.47. The third-order valence-electron chi connectivity index (χ3n) is 3.11. The van der Waals surface area contributed by atoms with E-state index in [1.807, 2.05) is 38.1 Å². The van der Waals surface area contributed by atoms with Crippen LogP contribution in [-0.2, 0) is 6.42 Å². The third-order valence-corrected chi connectivity index (χ3v) is 3.72. The molecule has 0 saturated heterocycles. The number of ether oxygens (including phenoxy) is 1. The Morgan fingerprint density at radius 3 is 2.38 bits per heavy atom. The second kappa shape index (κ2) is 6.97. The number of Topliss-reactive ketones (excluding diaryl/α,β-unsaturated/α-hetero) is 1. The van der Waals surface area contributed by atoms with Crippen molar-refractivity contribution in [2.24, 2.45) is 0 Å². The van der Waals surface area contributed by atoms with E-state index in [2.05, 4.69) is 0 Å². The molecular formula is C17H16Cl2O2. The first-order valence-electron chi connectivity index (χ1n) is 6.72. The van der Waals surface area contributed by atoms with E-state index in [1.54, 1.807) is 12.1 Å². The lowest BCUT2D eigenvalue weighted by molar-refractivity contribution is 0.0993. The maximum absolute atomic E-state index is 12.4. The number of carbonyl (C=O) groups is 1. The Kier molecular flexibility index (Phi) is 5.27. The predicted molar refractivity (Wildman–Crippen MR) is 86.8 cm³/mol. The van der Waals surface area contributed by atoms with E-state index >= 15 is 0 Å². The van der Waals surface area contributed by atoms with Crippen molar-refractivity contribution in [2.45, 2.75) is 20.3 Å². The van der Waals surface area contributed by atoms with Crippen LogP contribution in [0.2, 0.25) is 10.0 Å². The summed E-state index contributed by atoms with van der Waals surface area (Å²) in [5.41, 5.74) is 2.53. The first kappa shape index (κ1) is 15.9. The molecule has 0 aliphatic heterocycles. The zero-order chi connectivity index (χ0) is 15.4. The van der Waals surface area contributed by atoms with Crippen molar-refractivity contribution in [1.82, 2.24) is 0 Å². The first-order chi connectivity index (χ1) is 10.0. The third kappa shape index (κ3) is 3.99. The summed E-state index contributed by atoms with van der Waals surface area (Å²) in [6.45, 7) is 4.36. The molecule has 0 bridgehead atoms. The predicted octanol–water partition coefficient (Wildman–Crippen LogP) is 5.13. The van der Waals surface area contributed by atoms with Gasteiger partial charge in [-0.2, -0.15) is 0 Å². The van der Waals surface area contributed by atoms with Crippen LogP contribution >= 0.6 is 23.2 Å². The minimum Gasteiger partial charge on any atom is -0.492 e. The molecule has 0 unspecified atom stereocenters. The van der Waals surface area contributed by atoms with E-state index in [0.717, 1.165) is 11.1 Å². The molecule has 0 atom stereocenters. The molecule has 0 spiro atoms. The lowest BCUT2D eigenvalue weighted by Gasteiger charge is -2.10. The van der Waals surface area contributed by atoms with Crippen molar-refractivity contribution in [3.63, 3.8) is 0 Å². The highest BCUT2D eigenvalue weighted by Gasteiger charge is 2.15. The normalized spacial score (nSPS) is 10.5. The van der Waals surface area contributed by atoms with Crippen LogP contribution in [0.15, 0.2) is 36.4 Å². The molecular weight excluding hydrogens is 307 g/mol. The Bertz CT molecular complexity index is 649. The molecule has 0 radical (unpaired) electrons. The number of benzene rings is 2. The molecule has 0 amide bonds. The van der Waals surface area contributed by atoms with Gasteiger partial charge in [-0.25, -0.2) is 0 Å². The number of ketones is 1. The standard InChI is InChI=1S/C17H16Cl2O2/c1-3-21-17-10-14(18)13(9-15(17)19)16(20)8-12-6-4-11(2)5-7-12/h4-7,9-10H,3,8H2,1-2H3. The van der Waals surface area contributed by atoms with Crippen LogP contribution in [0.25, 0.3) is 0 Å². The number of halogens is 2. The molecule has 4 heteroatoms. The summed E-state index contributed by atoms with van der Waals surface area (Å²) in [5.74, 6) is 0.435. The summed E-state index contributed by atoms with van der Waals surface area (Å²) >= 11 is 12.3. The maximum Gasteiger partial charge on any atom is 0.168 e. The fraction of sp³-hybridized carbons (Fsp3) is 0.235. The van der Waals surface area contributed by atoms with Crippen LogP contribution in [0, 0.1) is 6.92 Å². The lowest BCUT2D eigenvalue weighted by atomic mass is 10.0. The second-order valence-electron chi connectivity index (χ2n) is 4.78. The van der Waals surface area contributed by atoms with E-state index in [4.69, 9.17) is 27.9 Å². The van der Waals surface area contributed by atoms with E-state index in [0.29, 0.717) is 34.4 Å². The van der Waals surface area contributed by atoms with Gasteiger partial charge in [0.05, 0.1) is 16.7 Å². The zero-order valence-corrected chi connectivity index (χ0v) is 13.5. The molecule has 2 aromatic rings. The molecule has 0 aliphatic rings. The highest BCUT2D eigenvalue weighted by Crippen LogP contribution is 2.31. The van der Waals surface area contributed by atoms with Gasteiger partial charge in [-0.3, -0.25) is 4.79 Å². The molecule has 21 heavy (non-hydrogen) atoms. The van der Waals surface area contributed by atoms with Gasteiger partial charge in [-0.05, 0) is 25.5 Å². The Labute approximate surface area is 134 Å². The molecule has 110 valence electrons. The van der Waals surface area contributed by atoms with Crippen molar-refractivity contribution < 1.29 is 9.53 Å². The molecule has 2 rings (SSSR count). The van der Waals surface area contributed by atoms with Gasteiger partial charge in [0.1, 0.15) is 5.75 Å². The number of carbonyl (C=O) groups excluding carboxylic acids is 1. The molecule has 2 aromatic carbocycles. The van der Waals surface area contributed by atoms with Crippen molar-refractivity contribution in [1.29, 1.82) is 0 Å². The second-order valence-corrected chi connectivity index (χ2v) is 5.60. The molecule has 0 N–H and O–H groups in total. The largest absolute Gasteiger partial charge is 0.492 e. The van der Waals surface area contributed by atoms with Crippen molar-refractivity contribution in [3.8, 4) is 5.75 Å². The Balaban J connectivity index is 2.23. The summed E-state index contributed by atoms with van der Waals surface area (Å²) in [6.07, 6.45) is 0.296. The summed E-state index contributed by atoms with van der Waals surface area (Å²) in [5, 5.41) is 0.758. The van der Waals surface area contributed by atoms with E-state index < -0.39 is 0 Å². The summed E-state index contributed by atoms with van der Waals surface area (Å²) in [6, 6.07) is 11.0. The highest BCUT2D eigenvalue weighted by atomic mass is 35.5. The van der Waals surface area contributed by atoms with Crippen LogP contribution in [0.5, 0.6) is 5.75 Å². The van der Waals surface area contributed by atoms with Crippen LogP contribution in [0.4, 0.5) is 0 Å². The van der Waals surface area contributed by atoms with Crippen LogP contribution < -0.4 is 4.74 Å². The van der Waals surface area contributed by atoms with E-state index in [-0.39, 0.29) is 5.78 Å². The van der Waals surface area contributed by atoms with Crippen LogP contribution in [0.3, 0.4) is 0 Å². The van der Waals surface area contributed by atoms with Crippen molar-refractivity contribution >= 4 is 29.0 Å².